The third-order valence-corrected chi connectivity index (χ3v) is 5.96. The monoisotopic (exact) mass is 388 g/mol. The topological polar surface area (TPSA) is 98.5 Å². The molecule has 0 unspecified atom stereocenters. The number of rotatable bonds is 6. The molecule has 3 rings (SSSR count). The molecule has 0 aliphatic carbocycles. The first-order chi connectivity index (χ1) is 12.4. The van der Waals surface area contributed by atoms with Crippen LogP contribution in [0.1, 0.15) is 15.2 Å². The fourth-order valence-corrected chi connectivity index (χ4v) is 3.89. The van der Waals surface area contributed by atoms with Gasteiger partial charge >= 0.3 is 0 Å². The molecule has 2 aromatic carbocycles. The quantitative estimate of drug-likeness (QED) is 0.678. The van der Waals surface area contributed by atoms with Gasteiger partial charge in [-0.05, 0) is 48.5 Å². The average Bonchev–Trinajstić information content (AvgIpc) is 3.11. The van der Waals surface area contributed by atoms with Crippen LogP contribution in [0.2, 0.25) is 0 Å². The molecule has 0 spiro atoms. The number of carbonyl (C=O) groups is 1. The molecule has 3 N–H and O–H groups in total. The van der Waals surface area contributed by atoms with E-state index in [0.717, 1.165) is 11.3 Å². The van der Waals surface area contributed by atoms with E-state index >= 15 is 0 Å². The number of thiophene rings is 1. The highest BCUT2D eigenvalue weighted by atomic mass is 32.2. The standard InChI is InChI=1S/C18H16N2O4S2/c19-26(22,23)17-11-10-16(25-17)12-20-18(21)13-6-8-15(9-7-13)24-14-4-2-1-3-5-14/h1-11H,12H2,(H,20,21)(H2,19,22,23). The Morgan fingerprint density at radius 2 is 1.62 bits per heavy atom. The lowest BCUT2D eigenvalue weighted by atomic mass is 10.2. The van der Waals surface area contributed by atoms with E-state index in [1.165, 1.54) is 6.07 Å². The summed E-state index contributed by atoms with van der Waals surface area (Å²) in [6.07, 6.45) is 0. The highest BCUT2D eigenvalue weighted by Gasteiger charge is 2.12. The van der Waals surface area contributed by atoms with Crippen molar-refractivity contribution in [3.8, 4) is 11.5 Å². The van der Waals surface area contributed by atoms with Crippen LogP contribution in [0, 0.1) is 0 Å². The number of carbonyl (C=O) groups excluding carboxylic acids is 1. The van der Waals surface area contributed by atoms with Gasteiger partial charge in [0.15, 0.2) is 0 Å². The molecular formula is C18H16N2O4S2. The lowest BCUT2D eigenvalue weighted by Crippen LogP contribution is -2.22. The minimum Gasteiger partial charge on any atom is -0.457 e. The van der Waals surface area contributed by atoms with Crippen LogP contribution in [0.15, 0.2) is 70.9 Å². The Labute approximate surface area is 155 Å². The molecule has 0 fully saturated rings. The first-order valence-corrected chi connectivity index (χ1v) is 10.0. The number of benzene rings is 2. The smallest absolute Gasteiger partial charge is 0.251 e. The maximum absolute atomic E-state index is 12.2. The van der Waals surface area contributed by atoms with E-state index in [0.29, 0.717) is 21.9 Å². The van der Waals surface area contributed by atoms with Gasteiger partial charge < -0.3 is 10.1 Å². The first kappa shape index (κ1) is 18.1. The third kappa shape index (κ3) is 4.69. The SMILES string of the molecule is NS(=O)(=O)c1ccc(CNC(=O)c2ccc(Oc3ccccc3)cc2)s1. The predicted molar refractivity (Wildman–Crippen MR) is 99.8 cm³/mol. The molecule has 1 amide bonds. The van der Waals surface area contributed by atoms with Crippen LogP contribution >= 0.6 is 11.3 Å². The molecular weight excluding hydrogens is 372 g/mol. The van der Waals surface area contributed by atoms with Gasteiger partial charge in [-0.3, -0.25) is 4.79 Å². The van der Waals surface area contributed by atoms with E-state index < -0.39 is 10.0 Å². The van der Waals surface area contributed by atoms with E-state index in [4.69, 9.17) is 9.88 Å². The van der Waals surface area contributed by atoms with E-state index in [-0.39, 0.29) is 16.7 Å². The molecule has 6 nitrogen and oxygen atoms in total. The zero-order valence-electron chi connectivity index (χ0n) is 13.6. The zero-order chi connectivity index (χ0) is 18.6. The zero-order valence-corrected chi connectivity index (χ0v) is 15.2. The van der Waals surface area contributed by atoms with Gasteiger partial charge in [0.25, 0.3) is 5.91 Å². The summed E-state index contributed by atoms with van der Waals surface area (Å²) in [6.45, 7) is 0.223. The summed E-state index contributed by atoms with van der Waals surface area (Å²) < 4.78 is 28.3. The van der Waals surface area contributed by atoms with Gasteiger partial charge in [-0.25, -0.2) is 13.6 Å². The molecule has 0 radical (unpaired) electrons. The lowest BCUT2D eigenvalue weighted by molar-refractivity contribution is 0.0951. The maximum atomic E-state index is 12.2. The lowest BCUT2D eigenvalue weighted by Gasteiger charge is -2.07. The fourth-order valence-electron chi connectivity index (χ4n) is 2.17. The minimum absolute atomic E-state index is 0.0733. The summed E-state index contributed by atoms with van der Waals surface area (Å²) in [5.74, 6) is 1.08. The summed E-state index contributed by atoms with van der Waals surface area (Å²) in [6, 6.07) is 19.2. The minimum atomic E-state index is -3.71. The van der Waals surface area contributed by atoms with Crippen LogP contribution < -0.4 is 15.2 Å². The Bertz CT molecular complexity index is 997. The normalized spacial score (nSPS) is 11.1. The van der Waals surface area contributed by atoms with Crippen molar-refractivity contribution in [2.45, 2.75) is 10.8 Å². The van der Waals surface area contributed by atoms with Gasteiger partial charge in [0.05, 0.1) is 6.54 Å². The van der Waals surface area contributed by atoms with Crippen molar-refractivity contribution in [2.75, 3.05) is 0 Å². The number of nitrogens with two attached hydrogens (primary N) is 1. The molecule has 0 saturated carbocycles. The van der Waals surface area contributed by atoms with Crippen molar-refractivity contribution in [3.63, 3.8) is 0 Å². The molecule has 0 atom stereocenters. The summed E-state index contributed by atoms with van der Waals surface area (Å²) in [4.78, 5) is 12.9. The van der Waals surface area contributed by atoms with E-state index in [1.807, 2.05) is 30.3 Å². The number of hydrogen-bond donors (Lipinski definition) is 2. The highest BCUT2D eigenvalue weighted by Crippen LogP contribution is 2.22. The molecule has 0 bridgehead atoms. The number of hydrogen-bond acceptors (Lipinski definition) is 5. The van der Waals surface area contributed by atoms with Crippen LogP contribution in [0.4, 0.5) is 0 Å². The van der Waals surface area contributed by atoms with E-state index in [1.54, 1.807) is 30.3 Å². The second-order valence-electron chi connectivity index (χ2n) is 5.39. The third-order valence-electron chi connectivity index (χ3n) is 3.44. The highest BCUT2D eigenvalue weighted by molar-refractivity contribution is 7.91. The molecule has 0 saturated heterocycles. The Hall–Kier alpha value is -2.68. The van der Waals surface area contributed by atoms with Gasteiger partial charge in [-0.2, -0.15) is 0 Å². The van der Waals surface area contributed by atoms with Crippen LogP contribution in [-0.4, -0.2) is 14.3 Å². The molecule has 8 heteroatoms. The van der Waals surface area contributed by atoms with Crippen molar-refractivity contribution in [2.24, 2.45) is 5.14 Å². The van der Waals surface area contributed by atoms with Crippen molar-refractivity contribution in [3.05, 3.63) is 77.2 Å². The Kier molecular flexibility index (Phi) is 5.36. The number of ether oxygens (including phenoxy) is 1. The number of sulfonamides is 1. The summed E-state index contributed by atoms with van der Waals surface area (Å²) in [7, 11) is -3.71. The number of amides is 1. The second-order valence-corrected chi connectivity index (χ2v) is 8.34. The number of nitrogens with one attached hydrogen (secondary N) is 1. The van der Waals surface area contributed by atoms with Gasteiger partial charge in [0.1, 0.15) is 15.7 Å². The van der Waals surface area contributed by atoms with E-state index in [9.17, 15) is 13.2 Å². The Balaban J connectivity index is 1.59. The Morgan fingerprint density at radius 3 is 2.23 bits per heavy atom. The largest absolute Gasteiger partial charge is 0.457 e. The fraction of sp³-hybridized carbons (Fsp3) is 0.0556. The van der Waals surface area contributed by atoms with Crippen LogP contribution in [0.25, 0.3) is 0 Å². The molecule has 1 aromatic heterocycles. The number of para-hydroxylation sites is 1. The van der Waals surface area contributed by atoms with Crippen molar-refractivity contribution < 1.29 is 17.9 Å². The Morgan fingerprint density at radius 1 is 0.962 bits per heavy atom. The van der Waals surface area contributed by atoms with Gasteiger partial charge in [-0.15, -0.1) is 11.3 Å². The molecule has 0 aliphatic rings. The summed E-state index contributed by atoms with van der Waals surface area (Å²) >= 11 is 1.03. The predicted octanol–water partition coefficient (Wildman–Crippen LogP) is 3.12. The molecule has 0 aliphatic heterocycles. The van der Waals surface area contributed by atoms with Crippen LogP contribution in [-0.2, 0) is 16.6 Å². The van der Waals surface area contributed by atoms with E-state index in [2.05, 4.69) is 5.32 Å². The van der Waals surface area contributed by atoms with Gasteiger partial charge in [-0.1, -0.05) is 18.2 Å². The van der Waals surface area contributed by atoms with Crippen LogP contribution in [0.3, 0.4) is 0 Å². The van der Waals surface area contributed by atoms with Crippen molar-refractivity contribution >= 4 is 27.3 Å². The molecule has 3 aromatic rings. The second kappa shape index (κ2) is 7.69. The molecule has 1 heterocycles. The van der Waals surface area contributed by atoms with Crippen molar-refractivity contribution in [1.29, 1.82) is 0 Å². The number of primary sulfonamides is 1. The van der Waals surface area contributed by atoms with Gasteiger partial charge in [0.2, 0.25) is 10.0 Å². The first-order valence-electron chi connectivity index (χ1n) is 7.64. The molecule has 26 heavy (non-hydrogen) atoms. The van der Waals surface area contributed by atoms with Crippen molar-refractivity contribution in [1.82, 2.24) is 5.32 Å². The average molecular weight is 388 g/mol. The molecule has 134 valence electrons. The summed E-state index contributed by atoms with van der Waals surface area (Å²) in [5.41, 5.74) is 0.480. The maximum Gasteiger partial charge on any atom is 0.251 e. The van der Waals surface area contributed by atoms with Crippen LogP contribution in [0.5, 0.6) is 11.5 Å². The summed E-state index contributed by atoms with van der Waals surface area (Å²) in [5, 5.41) is 7.81. The van der Waals surface area contributed by atoms with Gasteiger partial charge in [0, 0.05) is 10.4 Å².